The minimum absolute atomic E-state index is 0.155. The molecule has 0 aromatic heterocycles. The van der Waals surface area contributed by atoms with Gasteiger partial charge >= 0.3 is 12.0 Å². The first-order valence-electron chi connectivity index (χ1n) is 10.6. The van der Waals surface area contributed by atoms with Crippen molar-refractivity contribution in [1.82, 2.24) is 10.2 Å². The van der Waals surface area contributed by atoms with Crippen molar-refractivity contribution >= 4 is 12.0 Å². The van der Waals surface area contributed by atoms with Crippen molar-refractivity contribution in [2.24, 2.45) is 0 Å². The minimum atomic E-state index is -0.752. The summed E-state index contributed by atoms with van der Waals surface area (Å²) in [6.07, 6.45) is 1.50. The van der Waals surface area contributed by atoms with Crippen molar-refractivity contribution < 1.29 is 14.3 Å². The first-order chi connectivity index (χ1) is 15.2. The molecule has 5 nitrogen and oxygen atoms in total. The number of carbonyl (C=O) groups is 2. The molecule has 0 unspecified atom stereocenters. The minimum Gasteiger partial charge on any atom is -0.449 e. The first kappa shape index (κ1) is 19.4. The van der Waals surface area contributed by atoms with Crippen molar-refractivity contribution in [3.8, 4) is 0 Å². The number of nitrogens with one attached hydrogen (secondary N) is 1. The van der Waals surface area contributed by atoms with Gasteiger partial charge in [0, 0.05) is 12.1 Å². The SMILES string of the molecule is O=C1O[C@]2(CCCN(C(=O)NC(c3ccccc3)c3ccccc3)C2)c2ccccc21. The molecule has 2 heterocycles. The van der Waals surface area contributed by atoms with Crippen LogP contribution in [0, 0.1) is 0 Å². The molecule has 2 amide bonds. The molecule has 5 heteroatoms. The van der Waals surface area contributed by atoms with E-state index in [9.17, 15) is 9.59 Å². The third-order valence-electron chi connectivity index (χ3n) is 6.20. The molecule has 1 N–H and O–H groups in total. The van der Waals surface area contributed by atoms with Crippen molar-refractivity contribution in [2.75, 3.05) is 13.1 Å². The summed E-state index contributed by atoms with van der Waals surface area (Å²) in [5, 5.41) is 3.21. The highest BCUT2D eigenvalue weighted by Gasteiger charge is 2.48. The van der Waals surface area contributed by atoms with E-state index in [1.807, 2.05) is 78.9 Å². The van der Waals surface area contributed by atoms with E-state index in [2.05, 4.69) is 5.32 Å². The monoisotopic (exact) mass is 412 g/mol. The Bertz CT molecular complexity index is 1060. The van der Waals surface area contributed by atoms with Gasteiger partial charge in [-0.05, 0) is 30.0 Å². The maximum atomic E-state index is 13.4. The fourth-order valence-electron chi connectivity index (χ4n) is 4.71. The van der Waals surface area contributed by atoms with Gasteiger partial charge in [-0.25, -0.2) is 9.59 Å². The maximum Gasteiger partial charge on any atom is 0.339 e. The second kappa shape index (κ2) is 7.91. The van der Waals surface area contributed by atoms with Crippen LogP contribution in [0.4, 0.5) is 4.79 Å². The zero-order chi connectivity index (χ0) is 21.3. The summed E-state index contributed by atoms with van der Waals surface area (Å²) >= 11 is 0. The lowest BCUT2D eigenvalue weighted by atomic mass is 9.85. The van der Waals surface area contributed by atoms with Crippen LogP contribution in [0.1, 0.15) is 45.9 Å². The maximum absolute atomic E-state index is 13.4. The first-order valence-corrected chi connectivity index (χ1v) is 10.6. The quantitative estimate of drug-likeness (QED) is 0.637. The number of esters is 1. The molecule has 0 saturated carbocycles. The van der Waals surface area contributed by atoms with Gasteiger partial charge in [-0.3, -0.25) is 0 Å². The van der Waals surface area contributed by atoms with E-state index in [4.69, 9.17) is 4.74 Å². The van der Waals surface area contributed by atoms with Gasteiger partial charge in [0.2, 0.25) is 0 Å². The Labute approximate surface area is 181 Å². The molecule has 5 rings (SSSR count). The van der Waals surface area contributed by atoms with E-state index in [-0.39, 0.29) is 18.0 Å². The standard InChI is InChI=1S/C26H24N2O3/c29-24-21-14-7-8-15-22(21)26(31-24)16-9-17-28(18-26)25(30)27-23(19-10-3-1-4-11-19)20-12-5-2-6-13-20/h1-8,10-15,23H,9,16-18H2,(H,27,30)/t26-/m0/s1. The van der Waals surface area contributed by atoms with Crippen LogP contribution in [-0.2, 0) is 10.3 Å². The van der Waals surface area contributed by atoms with Gasteiger partial charge in [-0.1, -0.05) is 78.9 Å². The lowest BCUT2D eigenvalue weighted by Crippen LogP contribution is -2.52. The fraction of sp³-hybridized carbons (Fsp3) is 0.231. The smallest absolute Gasteiger partial charge is 0.339 e. The molecular formula is C26H24N2O3. The number of piperidine rings is 1. The topological polar surface area (TPSA) is 58.6 Å². The van der Waals surface area contributed by atoms with Crippen LogP contribution in [0.5, 0.6) is 0 Å². The third-order valence-corrected chi connectivity index (χ3v) is 6.20. The average molecular weight is 412 g/mol. The molecule has 31 heavy (non-hydrogen) atoms. The summed E-state index contributed by atoms with van der Waals surface area (Å²) in [4.78, 5) is 27.6. The molecule has 156 valence electrons. The summed E-state index contributed by atoms with van der Waals surface area (Å²) in [6.45, 7) is 0.988. The molecule has 1 atom stereocenters. The van der Waals surface area contributed by atoms with Crippen molar-refractivity contribution in [3.63, 3.8) is 0 Å². The van der Waals surface area contributed by atoms with Crippen molar-refractivity contribution in [2.45, 2.75) is 24.5 Å². The van der Waals surface area contributed by atoms with Crippen LogP contribution in [0.2, 0.25) is 0 Å². The van der Waals surface area contributed by atoms with E-state index in [1.54, 1.807) is 11.0 Å². The number of nitrogens with zero attached hydrogens (tertiary/aromatic N) is 1. The molecule has 0 bridgehead atoms. The predicted molar refractivity (Wildman–Crippen MR) is 118 cm³/mol. The Balaban J connectivity index is 1.40. The Morgan fingerprint density at radius 2 is 1.52 bits per heavy atom. The molecule has 2 aliphatic heterocycles. The van der Waals surface area contributed by atoms with Crippen LogP contribution in [0.15, 0.2) is 84.9 Å². The number of likely N-dealkylation sites (tertiary alicyclic amines) is 1. The van der Waals surface area contributed by atoms with Crippen molar-refractivity contribution in [1.29, 1.82) is 0 Å². The Morgan fingerprint density at radius 1 is 0.903 bits per heavy atom. The molecule has 0 radical (unpaired) electrons. The molecule has 3 aromatic carbocycles. The number of amides is 2. The van der Waals surface area contributed by atoms with Crippen LogP contribution >= 0.6 is 0 Å². The highest BCUT2D eigenvalue weighted by Crippen LogP contribution is 2.42. The molecule has 0 aliphatic carbocycles. The number of urea groups is 1. The molecule has 1 fully saturated rings. The highest BCUT2D eigenvalue weighted by atomic mass is 16.6. The number of hydrogen-bond donors (Lipinski definition) is 1. The summed E-state index contributed by atoms with van der Waals surface area (Å²) in [7, 11) is 0. The van der Waals surface area contributed by atoms with Crippen LogP contribution in [-0.4, -0.2) is 30.0 Å². The lowest BCUT2D eigenvalue weighted by molar-refractivity contribution is -0.0411. The second-order valence-corrected chi connectivity index (χ2v) is 8.16. The average Bonchev–Trinajstić information content (AvgIpc) is 3.09. The lowest BCUT2D eigenvalue weighted by Gasteiger charge is -2.40. The van der Waals surface area contributed by atoms with Gasteiger partial charge in [0.15, 0.2) is 5.60 Å². The van der Waals surface area contributed by atoms with Gasteiger partial charge in [0.05, 0.1) is 18.2 Å². The molecule has 1 saturated heterocycles. The van der Waals surface area contributed by atoms with Gasteiger partial charge in [0.1, 0.15) is 0 Å². The zero-order valence-electron chi connectivity index (χ0n) is 17.2. The molecular weight excluding hydrogens is 388 g/mol. The van der Waals surface area contributed by atoms with Gasteiger partial charge in [-0.2, -0.15) is 0 Å². The largest absolute Gasteiger partial charge is 0.449 e. The van der Waals surface area contributed by atoms with E-state index >= 15 is 0 Å². The number of benzene rings is 3. The Kier molecular flexibility index (Phi) is 4.94. The number of ether oxygens (including phenoxy) is 1. The molecule has 3 aromatic rings. The number of rotatable bonds is 3. The Morgan fingerprint density at radius 3 is 2.19 bits per heavy atom. The highest BCUT2D eigenvalue weighted by molar-refractivity contribution is 5.95. The zero-order valence-corrected chi connectivity index (χ0v) is 17.2. The molecule has 2 aliphatic rings. The second-order valence-electron chi connectivity index (χ2n) is 8.16. The van der Waals surface area contributed by atoms with E-state index < -0.39 is 5.60 Å². The number of fused-ring (bicyclic) bond motifs is 2. The van der Waals surface area contributed by atoms with E-state index in [1.165, 1.54) is 0 Å². The van der Waals surface area contributed by atoms with Crippen LogP contribution < -0.4 is 5.32 Å². The van der Waals surface area contributed by atoms with Gasteiger partial charge in [-0.15, -0.1) is 0 Å². The van der Waals surface area contributed by atoms with E-state index in [0.29, 0.717) is 18.7 Å². The third kappa shape index (κ3) is 3.56. The van der Waals surface area contributed by atoms with Crippen LogP contribution in [0.3, 0.4) is 0 Å². The Hall–Kier alpha value is -3.60. The number of hydrogen-bond acceptors (Lipinski definition) is 3. The normalized spacial score (nSPS) is 19.9. The number of carbonyl (C=O) groups excluding carboxylic acids is 2. The van der Waals surface area contributed by atoms with E-state index in [0.717, 1.165) is 29.5 Å². The van der Waals surface area contributed by atoms with Gasteiger partial charge < -0.3 is 15.0 Å². The van der Waals surface area contributed by atoms with Crippen LogP contribution in [0.25, 0.3) is 0 Å². The molecule has 1 spiro atoms. The summed E-state index contributed by atoms with van der Waals surface area (Å²) in [5.74, 6) is -0.302. The predicted octanol–water partition coefficient (Wildman–Crippen LogP) is 4.65. The summed E-state index contributed by atoms with van der Waals surface area (Å²) in [5.41, 5.74) is 2.78. The fourth-order valence-corrected chi connectivity index (χ4v) is 4.71. The van der Waals surface area contributed by atoms with Crippen molar-refractivity contribution in [3.05, 3.63) is 107 Å². The summed E-state index contributed by atoms with van der Waals surface area (Å²) in [6, 6.07) is 27.0. The summed E-state index contributed by atoms with van der Waals surface area (Å²) < 4.78 is 5.85. The van der Waals surface area contributed by atoms with Gasteiger partial charge in [0.25, 0.3) is 0 Å².